The maximum absolute atomic E-state index is 13.3. The molecular weight excluding hydrogens is 398 g/mol. The second kappa shape index (κ2) is 9.28. The standard InChI is InChI=1S/C23H25N3O3S/c1-3-25(15-19-6-5-13-30-19)16-23(27)26-21(22-7-4-12-29-22)14-20(24-26)17-8-10-18(28-2)11-9-17/h4-13,21H,3,14-16H2,1-2H3/p+1/t21-/m1/s1. The van der Waals surface area contributed by atoms with E-state index in [1.807, 2.05) is 42.5 Å². The largest absolute Gasteiger partial charge is 0.497 e. The molecule has 156 valence electrons. The van der Waals surface area contributed by atoms with Crippen LogP contribution in [0.25, 0.3) is 0 Å². The summed E-state index contributed by atoms with van der Waals surface area (Å²) in [6, 6.07) is 15.5. The van der Waals surface area contributed by atoms with Crippen LogP contribution in [0.5, 0.6) is 5.75 Å². The molecule has 0 fully saturated rings. The van der Waals surface area contributed by atoms with Crippen LogP contribution < -0.4 is 9.64 Å². The Hall–Kier alpha value is -2.90. The van der Waals surface area contributed by atoms with Crippen molar-refractivity contribution in [3.63, 3.8) is 0 Å². The molecule has 1 aromatic carbocycles. The number of benzene rings is 1. The zero-order valence-corrected chi connectivity index (χ0v) is 18.0. The summed E-state index contributed by atoms with van der Waals surface area (Å²) in [7, 11) is 1.65. The Balaban J connectivity index is 1.54. The lowest BCUT2D eigenvalue weighted by Gasteiger charge is -2.23. The van der Waals surface area contributed by atoms with Crippen LogP contribution >= 0.6 is 11.3 Å². The lowest BCUT2D eigenvalue weighted by atomic mass is 10.0. The Morgan fingerprint density at radius 3 is 2.73 bits per heavy atom. The molecule has 0 spiro atoms. The SMILES string of the molecule is CC[NH+](CC(=O)N1N=C(c2ccc(OC)cc2)C[C@@H]1c1ccco1)Cc1cccs1. The number of ether oxygens (including phenoxy) is 1. The van der Waals surface area contributed by atoms with Crippen LogP contribution in [0.15, 0.2) is 69.7 Å². The zero-order chi connectivity index (χ0) is 20.9. The lowest BCUT2D eigenvalue weighted by Crippen LogP contribution is -3.11. The van der Waals surface area contributed by atoms with Crippen LogP contribution in [0.2, 0.25) is 0 Å². The molecule has 3 aromatic rings. The third-order valence-corrected chi connectivity index (χ3v) is 6.24. The summed E-state index contributed by atoms with van der Waals surface area (Å²) in [6.45, 7) is 4.22. The van der Waals surface area contributed by atoms with Gasteiger partial charge in [-0.15, -0.1) is 11.3 Å². The maximum Gasteiger partial charge on any atom is 0.298 e. The number of likely N-dealkylation sites (N-methyl/N-ethyl adjacent to an activating group) is 1. The van der Waals surface area contributed by atoms with Gasteiger partial charge < -0.3 is 14.1 Å². The quantitative estimate of drug-likeness (QED) is 0.604. The molecule has 3 heterocycles. The van der Waals surface area contributed by atoms with Crippen molar-refractivity contribution >= 4 is 23.0 Å². The molecule has 0 saturated heterocycles. The molecule has 1 aliphatic rings. The van der Waals surface area contributed by atoms with Crippen LogP contribution in [0.3, 0.4) is 0 Å². The number of carbonyl (C=O) groups excluding carboxylic acids is 1. The van der Waals surface area contributed by atoms with Gasteiger partial charge in [-0.25, -0.2) is 5.01 Å². The monoisotopic (exact) mass is 424 g/mol. The van der Waals surface area contributed by atoms with Gasteiger partial charge in [0.25, 0.3) is 5.91 Å². The van der Waals surface area contributed by atoms with Gasteiger partial charge in [0.05, 0.1) is 30.5 Å². The van der Waals surface area contributed by atoms with Crippen LogP contribution in [0, 0.1) is 0 Å². The molecule has 1 unspecified atom stereocenters. The van der Waals surface area contributed by atoms with Crippen LogP contribution in [-0.4, -0.2) is 36.8 Å². The van der Waals surface area contributed by atoms with E-state index in [2.05, 4.69) is 18.4 Å². The van der Waals surface area contributed by atoms with E-state index in [1.54, 1.807) is 29.7 Å². The molecule has 0 radical (unpaired) electrons. The molecule has 7 heteroatoms. The predicted molar refractivity (Wildman–Crippen MR) is 117 cm³/mol. The van der Waals surface area contributed by atoms with E-state index in [4.69, 9.17) is 14.3 Å². The van der Waals surface area contributed by atoms with Gasteiger partial charge in [0, 0.05) is 6.42 Å². The van der Waals surface area contributed by atoms with Gasteiger partial charge in [0.2, 0.25) is 0 Å². The number of amides is 1. The molecule has 1 N–H and O–H groups in total. The Labute approximate surface area is 180 Å². The first kappa shape index (κ1) is 20.4. The molecule has 0 bridgehead atoms. The number of nitrogens with one attached hydrogen (secondary N) is 1. The summed E-state index contributed by atoms with van der Waals surface area (Å²) in [6.07, 6.45) is 2.27. The molecule has 0 aliphatic carbocycles. The molecular formula is C23H26N3O3S+. The van der Waals surface area contributed by atoms with Crippen molar-refractivity contribution in [2.24, 2.45) is 5.10 Å². The fourth-order valence-electron chi connectivity index (χ4n) is 3.67. The molecule has 2 aromatic heterocycles. The fourth-order valence-corrected chi connectivity index (χ4v) is 4.44. The number of methoxy groups -OCH3 is 1. The number of quaternary nitrogens is 1. The van der Waals surface area contributed by atoms with E-state index < -0.39 is 0 Å². The lowest BCUT2D eigenvalue weighted by molar-refractivity contribution is -0.904. The number of furan rings is 1. The van der Waals surface area contributed by atoms with Crippen molar-refractivity contribution < 1.29 is 18.8 Å². The number of hydrogen-bond donors (Lipinski definition) is 1. The van der Waals surface area contributed by atoms with Gasteiger partial charge in [-0.05, 0) is 60.3 Å². The number of nitrogens with zero attached hydrogens (tertiary/aromatic N) is 2. The van der Waals surface area contributed by atoms with Gasteiger partial charge in [-0.3, -0.25) is 4.79 Å². The molecule has 1 aliphatic heterocycles. The molecule has 1 amide bonds. The van der Waals surface area contributed by atoms with Crippen LogP contribution in [0.4, 0.5) is 0 Å². The molecule has 2 atom stereocenters. The Kier molecular flexibility index (Phi) is 6.30. The smallest absolute Gasteiger partial charge is 0.298 e. The van der Waals surface area contributed by atoms with Crippen molar-refractivity contribution in [3.8, 4) is 5.75 Å². The zero-order valence-electron chi connectivity index (χ0n) is 17.2. The van der Waals surface area contributed by atoms with Crippen molar-refractivity contribution in [1.29, 1.82) is 0 Å². The van der Waals surface area contributed by atoms with Crippen molar-refractivity contribution in [3.05, 3.63) is 76.4 Å². The second-order valence-electron chi connectivity index (χ2n) is 7.29. The van der Waals surface area contributed by atoms with Crippen molar-refractivity contribution in [2.75, 3.05) is 20.2 Å². The Morgan fingerprint density at radius 1 is 1.27 bits per heavy atom. The highest BCUT2D eigenvalue weighted by Gasteiger charge is 2.36. The summed E-state index contributed by atoms with van der Waals surface area (Å²) in [5.74, 6) is 1.56. The minimum atomic E-state index is -0.218. The van der Waals surface area contributed by atoms with Gasteiger partial charge in [0.1, 0.15) is 24.1 Å². The van der Waals surface area contributed by atoms with Gasteiger partial charge in [-0.2, -0.15) is 5.10 Å². The van der Waals surface area contributed by atoms with E-state index in [0.29, 0.717) is 13.0 Å². The molecule has 4 rings (SSSR count). The first-order chi connectivity index (χ1) is 14.7. The number of carbonyl (C=O) groups is 1. The summed E-state index contributed by atoms with van der Waals surface area (Å²) >= 11 is 1.73. The number of rotatable bonds is 8. The highest BCUT2D eigenvalue weighted by Crippen LogP contribution is 2.33. The predicted octanol–water partition coefficient (Wildman–Crippen LogP) is 3.13. The summed E-state index contributed by atoms with van der Waals surface area (Å²) in [5.41, 5.74) is 1.87. The van der Waals surface area contributed by atoms with E-state index in [0.717, 1.165) is 35.9 Å². The minimum absolute atomic E-state index is 0.00770. The van der Waals surface area contributed by atoms with Gasteiger partial charge in [-0.1, -0.05) is 6.07 Å². The second-order valence-corrected chi connectivity index (χ2v) is 8.32. The Morgan fingerprint density at radius 2 is 2.10 bits per heavy atom. The van der Waals surface area contributed by atoms with Crippen molar-refractivity contribution in [2.45, 2.75) is 25.9 Å². The van der Waals surface area contributed by atoms with E-state index >= 15 is 0 Å². The van der Waals surface area contributed by atoms with Crippen LogP contribution in [0.1, 0.15) is 35.6 Å². The fraction of sp³-hybridized carbons (Fsp3) is 0.304. The summed E-state index contributed by atoms with van der Waals surface area (Å²) < 4.78 is 10.9. The van der Waals surface area contributed by atoms with Crippen molar-refractivity contribution in [1.82, 2.24) is 5.01 Å². The first-order valence-corrected chi connectivity index (χ1v) is 11.0. The summed E-state index contributed by atoms with van der Waals surface area (Å²) in [4.78, 5) is 15.8. The first-order valence-electron chi connectivity index (χ1n) is 10.1. The topological polar surface area (TPSA) is 59.5 Å². The van der Waals surface area contributed by atoms with E-state index in [-0.39, 0.29) is 11.9 Å². The molecule has 30 heavy (non-hydrogen) atoms. The number of hydrogen-bond acceptors (Lipinski definition) is 5. The third kappa shape index (κ3) is 4.47. The highest BCUT2D eigenvalue weighted by molar-refractivity contribution is 7.09. The minimum Gasteiger partial charge on any atom is -0.497 e. The molecule has 0 saturated carbocycles. The average Bonchev–Trinajstić information content (AvgIpc) is 3.54. The molecule has 6 nitrogen and oxygen atoms in total. The van der Waals surface area contributed by atoms with E-state index in [9.17, 15) is 4.79 Å². The third-order valence-electron chi connectivity index (χ3n) is 5.37. The number of hydrazone groups is 1. The maximum atomic E-state index is 13.3. The number of thiophene rings is 1. The van der Waals surface area contributed by atoms with Gasteiger partial charge >= 0.3 is 0 Å². The highest BCUT2D eigenvalue weighted by atomic mass is 32.1. The van der Waals surface area contributed by atoms with E-state index in [1.165, 1.54) is 9.78 Å². The summed E-state index contributed by atoms with van der Waals surface area (Å²) in [5, 5.41) is 8.41. The normalized spacial score (nSPS) is 17.1. The van der Waals surface area contributed by atoms with Gasteiger partial charge in [0.15, 0.2) is 6.54 Å². The van der Waals surface area contributed by atoms with Crippen LogP contribution in [-0.2, 0) is 11.3 Å². The Bertz CT molecular complexity index is 981. The average molecular weight is 425 g/mol.